The van der Waals surface area contributed by atoms with Gasteiger partial charge in [-0.25, -0.2) is 0 Å². The number of rotatable bonds is 4. The van der Waals surface area contributed by atoms with Crippen molar-refractivity contribution in [2.24, 2.45) is 0 Å². The standard InChI is InChI=1S/C28H26N2O2/c31-27(23-15-13-19-7-1-3-9-21(19)17-23)29-25-11-5-6-12-26(25)30-28(32)24-16-14-20-8-2-4-10-22(20)18-24/h1-4,7-10,13-18,25-26H,5-6,11-12H2,(H,29,31)(H,30,32). The third-order valence-corrected chi connectivity index (χ3v) is 6.42. The Morgan fingerprint density at radius 3 is 1.41 bits per heavy atom. The number of nitrogens with one attached hydrogen (secondary N) is 2. The first kappa shape index (κ1) is 20.3. The second-order valence-electron chi connectivity index (χ2n) is 8.57. The molecule has 32 heavy (non-hydrogen) atoms. The highest BCUT2D eigenvalue weighted by atomic mass is 16.2. The number of amides is 2. The molecule has 2 unspecified atom stereocenters. The Bertz CT molecular complexity index is 1200. The normalized spacial score (nSPS) is 18.4. The highest BCUT2D eigenvalue weighted by Crippen LogP contribution is 2.22. The third-order valence-electron chi connectivity index (χ3n) is 6.42. The Labute approximate surface area is 187 Å². The Morgan fingerprint density at radius 1 is 0.562 bits per heavy atom. The number of carbonyl (C=O) groups is 2. The zero-order valence-corrected chi connectivity index (χ0v) is 17.9. The van der Waals surface area contributed by atoms with Crippen LogP contribution in [0.3, 0.4) is 0 Å². The number of hydrogen-bond acceptors (Lipinski definition) is 2. The van der Waals surface area contributed by atoms with Gasteiger partial charge in [0, 0.05) is 23.2 Å². The maximum absolute atomic E-state index is 13.0. The van der Waals surface area contributed by atoms with E-state index in [2.05, 4.69) is 10.6 Å². The molecule has 1 saturated carbocycles. The molecular weight excluding hydrogens is 396 g/mol. The van der Waals surface area contributed by atoms with Gasteiger partial charge in [0.2, 0.25) is 0 Å². The van der Waals surface area contributed by atoms with Crippen molar-refractivity contribution in [2.45, 2.75) is 37.8 Å². The van der Waals surface area contributed by atoms with Crippen LogP contribution in [0.25, 0.3) is 21.5 Å². The van der Waals surface area contributed by atoms with Crippen molar-refractivity contribution in [3.8, 4) is 0 Å². The first-order chi connectivity index (χ1) is 15.7. The second-order valence-corrected chi connectivity index (χ2v) is 8.57. The van der Waals surface area contributed by atoms with Crippen LogP contribution < -0.4 is 10.6 Å². The van der Waals surface area contributed by atoms with Crippen LogP contribution in [0.5, 0.6) is 0 Å². The van der Waals surface area contributed by atoms with Crippen LogP contribution in [-0.4, -0.2) is 23.9 Å². The summed E-state index contributed by atoms with van der Waals surface area (Å²) in [5.74, 6) is -0.180. The summed E-state index contributed by atoms with van der Waals surface area (Å²) in [7, 11) is 0. The van der Waals surface area contributed by atoms with Gasteiger partial charge in [-0.2, -0.15) is 0 Å². The van der Waals surface area contributed by atoms with E-state index in [0.717, 1.165) is 47.2 Å². The van der Waals surface area contributed by atoms with Crippen molar-refractivity contribution in [2.75, 3.05) is 0 Å². The maximum Gasteiger partial charge on any atom is 0.251 e. The SMILES string of the molecule is O=C(NC1CCCCC1NC(=O)c1ccc2ccccc2c1)c1ccc2ccccc2c1. The highest BCUT2D eigenvalue weighted by Gasteiger charge is 2.28. The highest BCUT2D eigenvalue weighted by molar-refractivity contribution is 6.00. The molecule has 4 nitrogen and oxygen atoms in total. The van der Waals surface area contributed by atoms with Gasteiger partial charge >= 0.3 is 0 Å². The van der Waals surface area contributed by atoms with Crippen molar-refractivity contribution in [1.29, 1.82) is 0 Å². The van der Waals surface area contributed by atoms with Crippen LogP contribution in [0, 0.1) is 0 Å². The van der Waals surface area contributed by atoms with Gasteiger partial charge in [-0.15, -0.1) is 0 Å². The molecule has 0 bridgehead atoms. The quantitative estimate of drug-likeness (QED) is 0.459. The zero-order chi connectivity index (χ0) is 21.9. The van der Waals surface area contributed by atoms with Gasteiger partial charge < -0.3 is 10.6 Å². The summed E-state index contributed by atoms with van der Waals surface area (Å²) in [5, 5.41) is 10.7. The summed E-state index contributed by atoms with van der Waals surface area (Å²) in [6.45, 7) is 0. The van der Waals surface area contributed by atoms with E-state index < -0.39 is 0 Å². The van der Waals surface area contributed by atoms with E-state index in [0.29, 0.717) is 11.1 Å². The summed E-state index contributed by atoms with van der Waals surface area (Å²) < 4.78 is 0. The molecule has 1 fully saturated rings. The van der Waals surface area contributed by atoms with Crippen molar-refractivity contribution in [3.05, 3.63) is 96.1 Å². The van der Waals surface area contributed by atoms with Gasteiger partial charge in [0.05, 0.1) is 0 Å². The minimum atomic E-state index is -0.0902. The molecular formula is C28H26N2O2. The minimum Gasteiger partial charge on any atom is -0.347 e. The minimum absolute atomic E-state index is 0.0767. The number of benzene rings is 4. The van der Waals surface area contributed by atoms with Crippen LogP contribution in [0.15, 0.2) is 84.9 Å². The molecule has 2 amide bonds. The van der Waals surface area contributed by atoms with Crippen molar-refractivity contribution in [3.63, 3.8) is 0 Å². The molecule has 160 valence electrons. The summed E-state index contributed by atoms with van der Waals surface area (Å²) in [4.78, 5) is 26.0. The molecule has 0 saturated heterocycles. The molecule has 2 atom stereocenters. The molecule has 1 aliphatic rings. The van der Waals surface area contributed by atoms with E-state index >= 15 is 0 Å². The van der Waals surface area contributed by atoms with Crippen LogP contribution >= 0.6 is 0 Å². The summed E-state index contributed by atoms with van der Waals surface area (Å²) in [6, 6.07) is 27.4. The smallest absolute Gasteiger partial charge is 0.251 e. The topological polar surface area (TPSA) is 58.2 Å². The van der Waals surface area contributed by atoms with Crippen molar-refractivity contribution >= 4 is 33.4 Å². The first-order valence-electron chi connectivity index (χ1n) is 11.3. The van der Waals surface area contributed by atoms with Gasteiger partial charge in [-0.3, -0.25) is 9.59 Å². The number of carbonyl (C=O) groups excluding carboxylic acids is 2. The fourth-order valence-electron chi connectivity index (χ4n) is 4.64. The Morgan fingerprint density at radius 2 is 0.969 bits per heavy atom. The summed E-state index contributed by atoms with van der Waals surface area (Å²) >= 11 is 0. The number of hydrogen-bond donors (Lipinski definition) is 2. The van der Waals surface area contributed by atoms with Gasteiger partial charge in [-0.05, 0) is 58.7 Å². The Balaban J connectivity index is 1.30. The van der Waals surface area contributed by atoms with E-state index in [1.807, 2.05) is 84.9 Å². The summed E-state index contributed by atoms with van der Waals surface area (Å²) in [5.41, 5.74) is 1.29. The van der Waals surface area contributed by atoms with Gasteiger partial charge in [0.25, 0.3) is 11.8 Å². The zero-order valence-electron chi connectivity index (χ0n) is 17.9. The van der Waals surface area contributed by atoms with Gasteiger partial charge in [0.15, 0.2) is 0 Å². The van der Waals surface area contributed by atoms with Crippen LogP contribution in [0.2, 0.25) is 0 Å². The third kappa shape index (κ3) is 4.22. The lowest BCUT2D eigenvalue weighted by atomic mass is 9.89. The van der Waals surface area contributed by atoms with Crippen LogP contribution in [0.4, 0.5) is 0 Å². The van der Waals surface area contributed by atoms with E-state index in [9.17, 15) is 9.59 Å². The summed E-state index contributed by atoms with van der Waals surface area (Å²) in [6.07, 6.45) is 3.82. The molecule has 4 aromatic rings. The Kier molecular flexibility index (Phi) is 5.59. The lowest BCUT2D eigenvalue weighted by Crippen LogP contribution is -2.53. The Hall–Kier alpha value is -3.66. The van der Waals surface area contributed by atoms with E-state index in [-0.39, 0.29) is 23.9 Å². The largest absolute Gasteiger partial charge is 0.347 e. The van der Waals surface area contributed by atoms with Crippen molar-refractivity contribution in [1.82, 2.24) is 10.6 Å². The van der Waals surface area contributed by atoms with Gasteiger partial charge in [0.1, 0.15) is 0 Å². The first-order valence-corrected chi connectivity index (χ1v) is 11.3. The van der Waals surface area contributed by atoms with Crippen LogP contribution in [0.1, 0.15) is 46.4 Å². The fraction of sp³-hybridized carbons (Fsp3) is 0.214. The fourth-order valence-corrected chi connectivity index (χ4v) is 4.64. The maximum atomic E-state index is 13.0. The molecule has 0 radical (unpaired) electrons. The molecule has 4 aromatic carbocycles. The second kappa shape index (κ2) is 8.83. The molecule has 4 heteroatoms. The molecule has 0 aliphatic heterocycles. The molecule has 2 N–H and O–H groups in total. The average molecular weight is 423 g/mol. The monoisotopic (exact) mass is 422 g/mol. The molecule has 0 spiro atoms. The van der Waals surface area contributed by atoms with Crippen molar-refractivity contribution < 1.29 is 9.59 Å². The lowest BCUT2D eigenvalue weighted by Gasteiger charge is -2.33. The predicted octanol–water partition coefficient (Wildman–Crippen LogP) is 5.46. The lowest BCUT2D eigenvalue weighted by molar-refractivity contribution is 0.0863. The van der Waals surface area contributed by atoms with E-state index in [1.54, 1.807) is 0 Å². The molecule has 0 aromatic heterocycles. The molecule has 1 aliphatic carbocycles. The van der Waals surface area contributed by atoms with E-state index in [4.69, 9.17) is 0 Å². The van der Waals surface area contributed by atoms with E-state index in [1.165, 1.54) is 0 Å². The van der Waals surface area contributed by atoms with Crippen LogP contribution in [-0.2, 0) is 0 Å². The van der Waals surface area contributed by atoms with Gasteiger partial charge in [-0.1, -0.05) is 73.5 Å². The predicted molar refractivity (Wildman–Crippen MR) is 129 cm³/mol. The average Bonchev–Trinajstić information content (AvgIpc) is 2.84. The number of fused-ring (bicyclic) bond motifs is 2. The molecule has 5 rings (SSSR count). The molecule has 0 heterocycles.